The van der Waals surface area contributed by atoms with Crippen LogP contribution in [0.5, 0.6) is 0 Å². The average Bonchev–Trinajstić information content (AvgIpc) is 2.81. The third-order valence-electron chi connectivity index (χ3n) is 3.07. The second-order valence-electron chi connectivity index (χ2n) is 4.58. The van der Waals surface area contributed by atoms with Crippen molar-refractivity contribution in [3.05, 3.63) is 51.8 Å². The lowest BCUT2D eigenvalue weighted by Gasteiger charge is -2.06. The van der Waals surface area contributed by atoms with Crippen molar-refractivity contribution in [1.29, 1.82) is 0 Å². The summed E-state index contributed by atoms with van der Waals surface area (Å²) < 4.78 is 14.2. The lowest BCUT2D eigenvalue weighted by Crippen LogP contribution is -2.13. The number of carbonyl (C=O) groups is 1. The number of H-pyrrole nitrogens is 1. The molecule has 0 bridgehead atoms. The highest BCUT2D eigenvalue weighted by Gasteiger charge is 2.20. The van der Waals surface area contributed by atoms with Gasteiger partial charge in [-0.2, -0.15) is 4.98 Å². The fourth-order valence-electron chi connectivity index (χ4n) is 2.11. The van der Waals surface area contributed by atoms with Crippen molar-refractivity contribution >= 4 is 23.1 Å². The van der Waals surface area contributed by atoms with Crippen LogP contribution in [0.25, 0.3) is 11.2 Å². The van der Waals surface area contributed by atoms with E-state index in [0.29, 0.717) is 5.56 Å². The quantitative estimate of drug-likeness (QED) is 0.649. The average molecular weight is 303 g/mol. The molecule has 3 aromatic rings. The molecule has 8 nitrogen and oxygen atoms in total. The van der Waals surface area contributed by atoms with E-state index in [0.717, 1.165) is 0 Å². The maximum absolute atomic E-state index is 12.9. The van der Waals surface area contributed by atoms with Crippen LogP contribution in [0.15, 0.2) is 29.1 Å². The molecule has 22 heavy (non-hydrogen) atoms. The standard InChI is InChI=1S/C13H10FN5O3/c14-7-3-1-6(2-4-7)5-19-9-8(16-10(19)12(21)22)11(20)18-13(15)17-9/h1-4H,5H2,(H,21,22)(H3,15,17,18,20). The minimum absolute atomic E-state index is 0.0583. The normalized spacial score (nSPS) is 11.0. The topological polar surface area (TPSA) is 127 Å². The van der Waals surface area contributed by atoms with Gasteiger partial charge < -0.3 is 10.8 Å². The van der Waals surface area contributed by atoms with E-state index < -0.39 is 17.3 Å². The van der Waals surface area contributed by atoms with Crippen LogP contribution in [0.1, 0.15) is 16.2 Å². The first-order valence-corrected chi connectivity index (χ1v) is 6.19. The molecular formula is C13H10FN5O3. The van der Waals surface area contributed by atoms with E-state index in [4.69, 9.17) is 5.73 Å². The van der Waals surface area contributed by atoms with Gasteiger partial charge in [-0.1, -0.05) is 12.1 Å². The second kappa shape index (κ2) is 4.95. The number of aromatic carboxylic acids is 1. The number of imidazole rings is 1. The number of rotatable bonds is 3. The molecule has 3 rings (SSSR count). The number of carboxylic acid groups (broad SMARTS) is 1. The number of nitrogen functional groups attached to an aromatic ring is 1. The number of hydrogen-bond donors (Lipinski definition) is 3. The maximum Gasteiger partial charge on any atom is 0.372 e. The lowest BCUT2D eigenvalue weighted by molar-refractivity contribution is 0.0679. The first kappa shape index (κ1) is 13.7. The summed E-state index contributed by atoms with van der Waals surface area (Å²) in [4.78, 5) is 33.1. The van der Waals surface area contributed by atoms with Gasteiger partial charge in [0.1, 0.15) is 5.82 Å². The summed E-state index contributed by atoms with van der Waals surface area (Å²) >= 11 is 0. The molecule has 0 saturated carbocycles. The predicted octanol–water partition coefficient (Wildman–Crippen LogP) is 0.587. The fraction of sp³-hybridized carbons (Fsp3) is 0.0769. The van der Waals surface area contributed by atoms with Gasteiger partial charge in [-0.25, -0.2) is 14.2 Å². The third kappa shape index (κ3) is 2.28. The van der Waals surface area contributed by atoms with Crippen LogP contribution in [0.4, 0.5) is 10.3 Å². The van der Waals surface area contributed by atoms with Gasteiger partial charge in [-0.15, -0.1) is 0 Å². The highest BCUT2D eigenvalue weighted by molar-refractivity contribution is 5.88. The first-order chi connectivity index (χ1) is 10.5. The van der Waals surface area contributed by atoms with E-state index in [2.05, 4.69) is 15.0 Å². The Hall–Kier alpha value is -3.23. The fourth-order valence-corrected chi connectivity index (χ4v) is 2.11. The molecule has 0 aliphatic rings. The van der Waals surface area contributed by atoms with Crippen molar-refractivity contribution in [3.8, 4) is 0 Å². The first-order valence-electron chi connectivity index (χ1n) is 6.19. The Morgan fingerprint density at radius 3 is 2.64 bits per heavy atom. The van der Waals surface area contributed by atoms with Crippen molar-refractivity contribution in [2.45, 2.75) is 6.54 Å². The third-order valence-corrected chi connectivity index (χ3v) is 3.07. The summed E-state index contributed by atoms with van der Waals surface area (Å²) in [5.41, 5.74) is 5.44. The van der Waals surface area contributed by atoms with Crippen molar-refractivity contribution < 1.29 is 14.3 Å². The second-order valence-corrected chi connectivity index (χ2v) is 4.58. The van der Waals surface area contributed by atoms with E-state index in [1.54, 1.807) is 0 Å². The van der Waals surface area contributed by atoms with Crippen molar-refractivity contribution in [2.24, 2.45) is 0 Å². The molecule has 0 fully saturated rings. The van der Waals surface area contributed by atoms with Gasteiger partial charge in [0.05, 0.1) is 6.54 Å². The molecule has 0 unspecified atom stereocenters. The minimum atomic E-state index is -1.31. The van der Waals surface area contributed by atoms with Crippen molar-refractivity contribution in [1.82, 2.24) is 19.5 Å². The number of nitrogens with zero attached hydrogens (tertiary/aromatic N) is 3. The largest absolute Gasteiger partial charge is 0.475 e. The molecule has 0 amide bonds. The summed E-state index contributed by atoms with van der Waals surface area (Å²) in [5.74, 6) is -2.20. The molecule has 0 aliphatic heterocycles. The monoisotopic (exact) mass is 303 g/mol. The highest BCUT2D eigenvalue weighted by atomic mass is 19.1. The van der Waals surface area contributed by atoms with Crippen molar-refractivity contribution in [3.63, 3.8) is 0 Å². The van der Waals surface area contributed by atoms with E-state index in [1.165, 1.54) is 28.8 Å². The van der Waals surface area contributed by atoms with Gasteiger partial charge in [-0.05, 0) is 17.7 Å². The summed E-state index contributed by atoms with van der Waals surface area (Å²) in [6.07, 6.45) is 0. The number of hydrogen-bond acceptors (Lipinski definition) is 5. The smallest absolute Gasteiger partial charge is 0.372 e. The SMILES string of the molecule is Nc1nc2c(nc(C(=O)O)n2Cc2ccc(F)cc2)c(=O)[nH]1. The van der Waals surface area contributed by atoms with Crippen LogP contribution in [-0.4, -0.2) is 30.6 Å². The van der Waals surface area contributed by atoms with Crippen LogP contribution < -0.4 is 11.3 Å². The predicted molar refractivity (Wildman–Crippen MR) is 75.0 cm³/mol. The molecule has 2 heterocycles. The zero-order valence-electron chi connectivity index (χ0n) is 11.1. The lowest BCUT2D eigenvalue weighted by atomic mass is 10.2. The number of benzene rings is 1. The summed E-state index contributed by atoms with van der Waals surface area (Å²) in [6, 6.07) is 5.51. The van der Waals surface area contributed by atoms with Gasteiger partial charge in [0.15, 0.2) is 11.2 Å². The van der Waals surface area contributed by atoms with E-state index in [-0.39, 0.29) is 29.5 Å². The van der Waals surface area contributed by atoms with Crippen LogP contribution in [0, 0.1) is 5.82 Å². The number of anilines is 1. The van der Waals surface area contributed by atoms with E-state index >= 15 is 0 Å². The molecular weight excluding hydrogens is 293 g/mol. The molecule has 2 aromatic heterocycles. The molecule has 0 aliphatic carbocycles. The van der Waals surface area contributed by atoms with Crippen LogP contribution in [0.3, 0.4) is 0 Å². The van der Waals surface area contributed by atoms with Gasteiger partial charge in [-0.3, -0.25) is 14.3 Å². The Morgan fingerprint density at radius 2 is 2.00 bits per heavy atom. The van der Waals surface area contributed by atoms with E-state index in [9.17, 15) is 19.1 Å². The number of fused-ring (bicyclic) bond motifs is 1. The molecule has 0 saturated heterocycles. The summed E-state index contributed by atoms with van der Waals surface area (Å²) in [7, 11) is 0. The molecule has 9 heteroatoms. The zero-order chi connectivity index (χ0) is 15.9. The Balaban J connectivity index is 2.21. The van der Waals surface area contributed by atoms with Gasteiger partial charge in [0, 0.05) is 0 Å². The van der Waals surface area contributed by atoms with Crippen LogP contribution in [-0.2, 0) is 6.54 Å². The maximum atomic E-state index is 12.9. The number of aromatic amines is 1. The zero-order valence-corrected chi connectivity index (χ0v) is 11.1. The Bertz CT molecular complexity index is 929. The molecule has 4 N–H and O–H groups in total. The number of nitrogens with two attached hydrogens (primary N) is 1. The number of carboxylic acids is 1. The summed E-state index contributed by atoms with van der Waals surface area (Å²) in [6.45, 7) is 0.0638. The number of nitrogens with one attached hydrogen (secondary N) is 1. The molecule has 0 spiro atoms. The number of halogens is 1. The van der Waals surface area contributed by atoms with Crippen LogP contribution in [0.2, 0.25) is 0 Å². The van der Waals surface area contributed by atoms with Gasteiger partial charge in [0.2, 0.25) is 11.8 Å². The van der Waals surface area contributed by atoms with Crippen molar-refractivity contribution in [2.75, 3.05) is 5.73 Å². The minimum Gasteiger partial charge on any atom is -0.475 e. The number of aromatic nitrogens is 4. The molecule has 112 valence electrons. The van der Waals surface area contributed by atoms with Gasteiger partial charge >= 0.3 is 5.97 Å². The highest BCUT2D eigenvalue weighted by Crippen LogP contribution is 2.15. The Kier molecular flexibility index (Phi) is 3.09. The van der Waals surface area contributed by atoms with Crippen LogP contribution >= 0.6 is 0 Å². The molecule has 1 aromatic carbocycles. The Morgan fingerprint density at radius 1 is 1.32 bits per heavy atom. The molecule has 0 atom stereocenters. The van der Waals surface area contributed by atoms with Gasteiger partial charge in [0.25, 0.3) is 5.56 Å². The molecule has 0 radical (unpaired) electrons. The summed E-state index contributed by atoms with van der Waals surface area (Å²) in [5, 5.41) is 9.23. The van der Waals surface area contributed by atoms with E-state index in [1.807, 2.05) is 0 Å². The Labute approximate surface area is 122 Å².